The summed E-state index contributed by atoms with van der Waals surface area (Å²) < 4.78 is 0. The fourth-order valence-electron chi connectivity index (χ4n) is 2.48. The number of likely N-dealkylation sites (tertiary alicyclic amines) is 1. The zero-order valence-electron chi connectivity index (χ0n) is 14.0. The molecule has 20 heavy (non-hydrogen) atoms. The van der Waals surface area contributed by atoms with E-state index in [-0.39, 0.29) is 17.5 Å². The molecule has 1 fully saturated rings. The topological polar surface area (TPSA) is 44.4 Å². The molecule has 0 spiro atoms. The van der Waals surface area contributed by atoms with Gasteiger partial charge in [0, 0.05) is 5.54 Å². The minimum atomic E-state index is -0.110. The summed E-state index contributed by atoms with van der Waals surface area (Å²) >= 11 is 0. The molecular weight excluding hydrogens is 250 g/mol. The van der Waals surface area contributed by atoms with Crippen LogP contribution in [0.1, 0.15) is 53.4 Å². The Balaban J connectivity index is 2.19. The van der Waals surface area contributed by atoms with E-state index >= 15 is 0 Å². The van der Waals surface area contributed by atoms with Gasteiger partial charge in [0.15, 0.2) is 0 Å². The smallest absolute Gasteiger partial charge is 0.237 e. The third kappa shape index (κ3) is 6.23. The molecule has 0 aromatic carbocycles. The zero-order chi connectivity index (χ0) is 15.2. The van der Waals surface area contributed by atoms with Crippen molar-refractivity contribution in [1.29, 1.82) is 0 Å². The van der Waals surface area contributed by atoms with Gasteiger partial charge in [0.2, 0.25) is 5.91 Å². The van der Waals surface area contributed by atoms with Crippen LogP contribution in [0.25, 0.3) is 0 Å². The Morgan fingerprint density at radius 1 is 1.35 bits per heavy atom. The van der Waals surface area contributed by atoms with Gasteiger partial charge < -0.3 is 15.5 Å². The molecule has 118 valence electrons. The van der Waals surface area contributed by atoms with E-state index in [0.29, 0.717) is 0 Å². The lowest BCUT2D eigenvalue weighted by molar-refractivity contribution is -0.124. The summed E-state index contributed by atoms with van der Waals surface area (Å²) in [6, 6.07) is -0.105. The van der Waals surface area contributed by atoms with Gasteiger partial charge in [-0.25, -0.2) is 0 Å². The highest BCUT2D eigenvalue weighted by Gasteiger charge is 2.22. The van der Waals surface area contributed by atoms with E-state index in [1.54, 1.807) is 0 Å². The lowest BCUT2D eigenvalue weighted by Crippen LogP contribution is -2.51. The van der Waals surface area contributed by atoms with Crippen molar-refractivity contribution >= 4 is 5.91 Å². The van der Waals surface area contributed by atoms with Gasteiger partial charge in [-0.2, -0.15) is 0 Å². The molecule has 0 radical (unpaired) electrons. The molecule has 0 saturated carbocycles. The molecular formula is C16H33N3O. The second kappa shape index (κ2) is 7.99. The van der Waals surface area contributed by atoms with Crippen molar-refractivity contribution in [3.63, 3.8) is 0 Å². The summed E-state index contributed by atoms with van der Waals surface area (Å²) in [7, 11) is 2.19. The van der Waals surface area contributed by atoms with Gasteiger partial charge in [0.1, 0.15) is 0 Å². The molecule has 0 aromatic rings. The average Bonchev–Trinajstić information content (AvgIpc) is 2.40. The van der Waals surface area contributed by atoms with Crippen LogP contribution in [0.3, 0.4) is 0 Å². The number of hydrogen-bond donors (Lipinski definition) is 2. The molecule has 1 amide bonds. The lowest BCUT2D eigenvalue weighted by Gasteiger charge is -2.29. The van der Waals surface area contributed by atoms with E-state index in [1.807, 2.05) is 6.92 Å². The third-order valence-electron chi connectivity index (χ3n) is 4.58. The first-order valence-corrected chi connectivity index (χ1v) is 8.08. The summed E-state index contributed by atoms with van der Waals surface area (Å²) in [5.41, 5.74) is -0.110. The van der Waals surface area contributed by atoms with E-state index in [2.05, 4.69) is 43.4 Å². The van der Waals surface area contributed by atoms with Crippen LogP contribution in [0.4, 0.5) is 0 Å². The number of carbonyl (C=O) groups is 1. The first-order valence-electron chi connectivity index (χ1n) is 8.08. The Kier molecular flexibility index (Phi) is 6.96. The van der Waals surface area contributed by atoms with Crippen LogP contribution in [-0.2, 0) is 4.79 Å². The molecule has 4 nitrogen and oxygen atoms in total. The van der Waals surface area contributed by atoms with E-state index in [0.717, 1.165) is 18.9 Å². The molecule has 1 heterocycles. The van der Waals surface area contributed by atoms with Crippen LogP contribution in [0.5, 0.6) is 0 Å². The number of amides is 1. The van der Waals surface area contributed by atoms with Crippen molar-refractivity contribution in [3.05, 3.63) is 0 Å². The predicted octanol–water partition coefficient (Wildman–Crippen LogP) is 2.00. The molecule has 0 aromatic heterocycles. The first-order chi connectivity index (χ1) is 9.34. The molecule has 1 aliphatic heterocycles. The van der Waals surface area contributed by atoms with Crippen molar-refractivity contribution in [3.8, 4) is 0 Å². The SMILES string of the molecule is CCC(C)(C)NC(=O)C(C)NCCC1CCN(C)CC1. The molecule has 1 rings (SSSR count). The highest BCUT2D eigenvalue weighted by Crippen LogP contribution is 2.18. The maximum atomic E-state index is 12.1. The van der Waals surface area contributed by atoms with Gasteiger partial charge in [-0.3, -0.25) is 4.79 Å². The molecule has 0 aliphatic carbocycles. The van der Waals surface area contributed by atoms with Gasteiger partial charge in [-0.15, -0.1) is 0 Å². The Hall–Kier alpha value is -0.610. The maximum Gasteiger partial charge on any atom is 0.237 e. The van der Waals surface area contributed by atoms with Crippen LogP contribution in [0.15, 0.2) is 0 Å². The molecule has 0 bridgehead atoms. The molecule has 1 saturated heterocycles. The van der Waals surface area contributed by atoms with Gasteiger partial charge in [0.05, 0.1) is 6.04 Å². The summed E-state index contributed by atoms with van der Waals surface area (Å²) in [6.07, 6.45) is 4.72. The Morgan fingerprint density at radius 3 is 2.50 bits per heavy atom. The van der Waals surface area contributed by atoms with Gasteiger partial charge in [0.25, 0.3) is 0 Å². The Bertz CT molecular complexity index is 296. The number of piperidine rings is 1. The number of hydrogen-bond acceptors (Lipinski definition) is 3. The minimum Gasteiger partial charge on any atom is -0.350 e. The normalized spacial score (nSPS) is 19.9. The van der Waals surface area contributed by atoms with Crippen molar-refractivity contribution in [1.82, 2.24) is 15.5 Å². The first kappa shape index (κ1) is 17.4. The van der Waals surface area contributed by atoms with Crippen molar-refractivity contribution in [2.24, 2.45) is 5.92 Å². The molecule has 1 aliphatic rings. The minimum absolute atomic E-state index is 0.105. The summed E-state index contributed by atoms with van der Waals surface area (Å²) in [6.45, 7) is 11.5. The quantitative estimate of drug-likeness (QED) is 0.751. The van der Waals surface area contributed by atoms with Crippen LogP contribution in [0.2, 0.25) is 0 Å². The number of rotatable bonds is 7. The summed E-state index contributed by atoms with van der Waals surface area (Å²) in [5, 5.41) is 6.45. The average molecular weight is 283 g/mol. The number of carbonyl (C=O) groups excluding carboxylic acids is 1. The monoisotopic (exact) mass is 283 g/mol. The highest BCUT2D eigenvalue weighted by atomic mass is 16.2. The highest BCUT2D eigenvalue weighted by molar-refractivity contribution is 5.81. The van der Waals surface area contributed by atoms with Gasteiger partial charge in [-0.05, 0) is 79.1 Å². The Morgan fingerprint density at radius 2 is 1.95 bits per heavy atom. The standard InChI is InChI=1S/C16H33N3O/c1-6-16(3,4)18-15(20)13(2)17-10-7-14-8-11-19(5)12-9-14/h13-14,17H,6-12H2,1-5H3,(H,18,20). The van der Waals surface area contributed by atoms with Crippen LogP contribution in [-0.4, -0.2) is 49.1 Å². The molecule has 4 heteroatoms. The zero-order valence-corrected chi connectivity index (χ0v) is 14.0. The third-order valence-corrected chi connectivity index (χ3v) is 4.58. The van der Waals surface area contributed by atoms with E-state index < -0.39 is 0 Å². The summed E-state index contributed by atoms with van der Waals surface area (Å²) in [5.74, 6) is 0.932. The molecule has 1 atom stereocenters. The van der Waals surface area contributed by atoms with Gasteiger partial charge >= 0.3 is 0 Å². The number of nitrogens with zero attached hydrogens (tertiary/aromatic N) is 1. The van der Waals surface area contributed by atoms with Crippen molar-refractivity contribution in [2.45, 2.75) is 65.0 Å². The van der Waals surface area contributed by atoms with Crippen molar-refractivity contribution < 1.29 is 4.79 Å². The van der Waals surface area contributed by atoms with Crippen LogP contribution in [0, 0.1) is 5.92 Å². The fourth-order valence-corrected chi connectivity index (χ4v) is 2.48. The van der Waals surface area contributed by atoms with Crippen LogP contribution < -0.4 is 10.6 Å². The second-order valence-electron chi connectivity index (χ2n) is 6.94. The van der Waals surface area contributed by atoms with E-state index in [4.69, 9.17) is 0 Å². The molecule has 1 unspecified atom stereocenters. The second-order valence-corrected chi connectivity index (χ2v) is 6.94. The lowest BCUT2D eigenvalue weighted by atomic mass is 9.94. The van der Waals surface area contributed by atoms with Crippen LogP contribution >= 0.6 is 0 Å². The number of nitrogens with one attached hydrogen (secondary N) is 2. The summed E-state index contributed by atoms with van der Waals surface area (Å²) in [4.78, 5) is 14.5. The maximum absolute atomic E-state index is 12.1. The van der Waals surface area contributed by atoms with E-state index in [9.17, 15) is 4.79 Å². The molecule has 2 N–H and O–H groups in total. The van der Waals surface area contributed by atoms with Crippen molar-refractivity contribution in [2.75, 3.05) is 26.7 Å². The van der Waals surface area contributed by atoms with Gasteiger partial charge in [-0.1, -0.05) is 6.92 Å². The fraction of sp³-hybridized carbons (Fsp3) is 0.938. The Labute approximate surface area is 124 Å². The predicted molar refractivity (Wildman–Crippen MR) is 84.8 cm³/mol. The van der Waals surface area contributed by atoms with E-state index in [1.165, 1.54) is 32.4 Å². The largest absolute Gasteiger partial charge is 0.350 e.